The van der Waals surface area contributed by atoms with E-state index in [9.17, 15) is 13.2 Å². The molecule has 9 heteroatoms. The normalized spacial score (nSPS) is 11.2. The molecule has 1 amide bonds. The lowest BCUT2D eigenvalue weighted by molar-refractivity contribution is 0.0910. The van der Waals surface area contributed by atoms with Crippen molar-refractivity contribution in [2.24, 2.45) is 0 Å². The van der Waals surface area contributed by atoms with Crippen LogP contribution in [-0.2, 0) is 22.0 Å². The lowest BCUT2D eigenvalue weighted by Crippen LogP contribution is -2.26. The van der Waals surface area contributed by atoms with Gasteiger partial charge in [0.2, 0.25) is 0 Å². The highest BCUT2D eigenvalue weighted by molar-refractivity contribution is 7.90. The van der Waals surface area contributed by atoms with Gasteiger partial charge in [-0.15, -0.1) is 0 Å². The Hall–Kier alpha value is -3.07. The molecule has 0 saturated carbocycles. The number of hydrogen-bond donors (Lipinski definition) is 1. The molecule has 1 N–H and O–H groups in total. The van der Waals surface area contributed by atoms with Gasteiger partial charge in [0.05, 0.1) is 4.90 Å². The van der Waals surface area contributed by atoms with E-state index in [4.69, 9.17) is 4.52 Å². The Balaban J connectivity index is 1.58. The highest BCUT2D eigenvalue weighted by atomic mass is 32.2. The predicted octanol–water partition coefficient (Wildman–Crippen LogP) is 1.41. The van der Waals surface area contributed by atoms with E-state index < -0.39 is 21.5 Å². The minimum absolute atomic E-state index is 0.0660. The first-order valence-electron chi connectivity index (χ1n) is 7.83. The van der Waals surface area contributed by atoms with Crippen LogP contribution >= 0.6 is 0 Å². The summed E-state index contributed by atoms with van der Waals surface area (Å²) < 4.78 is 29.4. The zero-order chi connectivity index (χ0) is 18.4. The fraction of sp³-hybridized carbons (Fsp3) is 0.176. The zero-order valence-corrected chi connectivity index (χ0v) is 14.5. The second-order valence-corrected chi connectivity index (χ2v) is 7.40. The molecule has 0 fully saturated rings. The van der Waals surface area contributed by atoms with Crippen LogP contribution in [0.3, 0.4) is 0 Å². The predicted molar refractivity (Wildman–Crippen MR) is 91.9 cm³/mol. The second-order valence-electron chi connectivity index (χ2n) is 5.41. The highest BCUT2D eigenvalue weighted by Gasteiger charge is 2.21. The molecule has 3 rings (SSSR count). The number of nitrogens with one attached hydrogen (secondary N) is 1. The van der Waals surface area contributed by atoms with Crippen molar-refractivity contribution in [3.05, 3.63) is 72.1 Å². The van der Waals surface area contributed by atoms with Crippen LogP contribution < -0.4 is 5.32 Å². The maximum atomic E-state index is 12.3. The van der Waals surface area contributed by atoms with E-state index in [0.717, 1.165) is 5.69 Å². The first kappa shape index (κ1) is 17.7. The molecule has 0 atom stereocenters. The first-order chi connectivity index (χ1) is 12.5. The Kier molecular flexibility index (Phi) is 5.37. The van der Waals surface area contributed by atoms with Crippen LogP contribution in [0.2, 0.25) is 0 Å². The largest absolute Gasteiger partial charge is 0.347 e. The van der Waals surface area contributed by atoms with E-state index in [2.05, 4.69) is 20.4 Å². The number of hydrogen-bond acceptors (Lipinski definition) is 7. The summed E-state index contributed by atoms with van der Waals surface area (Å²) >= 11 is 0. The average molecular weight is 372 g/mol. The Morgan fingerprint density at radius 3 is 2.58 bits per heavy atom. The second kappa shape index (κ2) is 7.87. The number of pyridine rings is 1. The van der Waals surface area contributed by atoms with Crippen molar-refractivity contribution in [2.45, 2.75) is 17.1 Å². The van der Waals surface area contributed by atoms with Crippen LogP contribution in [0.15, 0.2) is 64.1 Å². The van der Waals surface area contributed by atoms with E-state index in [1.165, 1.54) is 12.1 Å². The molecule has 0 aliphatic heterocycles. The third-order valence-electron chi connectivity index (χ3n) is 3.48. The third-order valence-corrected chi connectivity index (χ3v) is 5.11. The summed E-state index contributed by atoms with van der Waals surface area (Å²) in [5, 5.41) is 6.21. The van der Waals surface area contributed by atoms with Gasteiger partial charge in [-0.3, -0.25) is 9.78 Å². The van der Waals surface area contributed by atoms with Crippen LogP contribution in [0, 0.1) is 0 Å². The molecule has 0 saturated heterocycles. The van der Waals surface area contributed by atoms with E-state index in [0.29, 0.717) is 13.0 Å². The van der Waals surface area contributed by atoms with Crippen molar-refractivity contribution in [3.8, 4) is 0 Å². The molecule has 0 bridgehead atoms. The maximum Gasteiger partial charge on any atom is 0.315 e. The molecule has 26 heavy (non-hydrogen) atoms. The van der Waals surface area contributed by atoms with Crippen molar-refractivity contribution in [1.82, 2.24) is 20.4 Å². The fourth-order valence-electron chi connectivity index (χ4n) is 2.21. The molecule has 134 valence electrons. The third kappa shape index (κ3) is 4.51. The lowest BCUT2D eigenvalue weighted by atomic mass is 10.3. The first-order valence-corrected chi connectivity index (χ1v) is 9.48. The van der Waals surface area contributed by atoms with Crippen LogP contribution in [0.5, 0.6) is 0 Å². The van der Waals surface area contributed by atoms with Crippen molar-refractivity contribution in [3.63, 3.8) is 0 Å². The summed E-state index contributed by atoms with van der Waals surface area (Å²) in [6.07, 6.45) is 2.23. The molecular weight excluding hydrogens is 356 g/mol. The van der Waals surface area contributed by atoms with Crippen LogP contribution in [0.1, 0.15) is 22.2 Å². The Morgan fingerprint density at radius 2 is 1.85 bits per heavy atom. The number of aromatic nitrogens is 3. The van der Waals surface area contributed by atoms with Crippen molar-refractivity contribution in [1.29, 1.82) is 0 Å². The van der Waals surface area contributed by atoms with Crippen molar-refractivity contribution >= 4 is 15.7 Å². The van der Waals surface area contributed by atoms with Crippen molar-refractivity contribution < 1.29 is 17.7 Å². The monoisotopic (exact) mass is 372 g/mol. The van der Waals surface area contributed by atoms with Gasteiger partial charge in [0.1, 0.15) is 5.75 Å². The van der Waals surface area contributed by atoms with Gasteiger partial charge >= 0.3 is 11.8 Å². The standard InChI is InChI=1S/C17H16N4O4S/c22-16(19-11-9-13-6-4-5-10-18-13)17-20-15(21-25-17)12-26(23,24)14-7-2-1-3-8-14/h1-8,10H,9,11-12H2,(H,19,22). The minimum Gasteiger partial charge on any atom is -0.347 e. The zero-order valence-electron chi connectivity index (χ0n) is 13.7. The van der Waals surface area contributed by atoms with Gasteiger partial charge in [0, 0.05) is 24.9 Å². The molecular formula is C17H16N4O4S. The molecule has 0 unspecified atom stereocenters. The number of rotatable bonds is 7. The van der Waals surface area contributed by atoms with Crippen LogP contribution in [0.4, 0.5) is 0 Å². The van der Waals surface area contributed by atoms with E-state index in [1.54, 1.807) is 24.4 Å². The van der Waals surface area contributed by atoms with E-state index in [1.807, 2.05) is 18.2 Å². The van der Waals surface area contributed by atoms with Gasteiger partial charge in [-0.1, -0.05) is 29.4 Å². The SMILES string of the molecule is O=C(NCCc1ccccn1)c1nc(CS(=O)(=O)c2ccccc2)no1. The molecule has 0 aliphatic rings. The van der Waals surface area contributed by atoms with Gasteiger partial charge in [-0.2, -0.15) is 4.98 Å². The minimum atomic E-state index is -3.60. The molecule has 2 heterocycles. The van der Waals surface area contributed by atoms with E-state index >= 15 is 0 Å². The number of nitrogens with zero attached hydrogens (tertiary/aromatic N) is 3. The number of amides is 1. The molecule has 0 aliphatic carbocycles. The number of sulfone groups is 1. The molecule has 1 aromatic carbocycles. The molecule has 2 aromatic heterocycles. The van der Waals surface area contributed by atoms with Crippen LogP contribution in [-0.4, -0.2) is 36.0 Å². The lowest BCUT2D eigenvalue weighted by Gasteiger charge is -2.01. The molecule has 0 radical (unpaired) electrons. The Bertz CT molecular complexity index is 972. The topological polar surface area (TPSA) is 115 Å². The fourth-order valence-corrected chi connectivity index (χ4v) is 3.41. The summed E-state index contributed by atoms with van der Waals surface area (Å²) in [6.45, 7) is 0.343. The van der Waals surface area contributed by atoms with E-state index in [-0.39, 0.29) is 16.6 Å². The Labute approximate surface area is 150 Å². The highest BCUT2D eigenvalue weighted by Crippen LogP contribution is 2.14. The molecule has 0 spiro atoms. The van der Waals surface area contributed by atoms with Gasteiger partial charge in [-0.05, 0) is 24.3 Å². The van der Waals surface area contributed by atoms with Gasteiger partial charge in [0.25, 0.3) is 0 Å². The van der Waals surface area contributed by atoms with Gasteiger partial charge in [0.15, 0.2) is 15.7 Å². The van der Waals surface area contributed by atoms with Crippen LogP contribution in [0.25, 0.3) is 0 Å². The molecule has 8 nitrogen and oxygen atoms in total. The maximum absolute atomic E-state index is 12.3. The number of benzene rings is 1. The van der Waals surface area contributed by atoms with Crippen molar-refractivity contribution in [2.75, 3.05) is 6.54 Å². The summed E-state index contributed by atoms with van der Waals surface area (Å²) in [6, 6.07) is 13.5. The number of carbonyl (C=O) groups is 1. The van der Waals surface area contributed by atoms with Gasteiger partial charge in [-0.25, -0.2) is 8.42 Å². The average Bonchev–Trinajstić information content (AvgIpc) is 3.11. The number of carbonyl (C=O) groups excluding carboxylic acids is 1. The van der Waals surface area contributed by atoms with Gasteiger partial charge < -0.3 is 9.84 Å². The summed E-state index contributed by atoms with van der Waals surface area (Å²) in [5.41, 5.74) is 0.841. The summed E-state index contributed by atoms with van der Waals surface area (Å²) in [5.74, 6) is -1.34. The Morgan fingerprint density at radius 1 is 1.08 bits per heavy atom. The quantitative estimate of drug-likeness (QED) is 0.667. The smallest absolute Gasteiger partial charge is 0.315 e. The summed E-state index contributed by atoms with van der Waals surface area (Å²) in [7, 11) is -3.60. The molecule has 3 aromatic rings. The summed E-state index contributed by atoms with van der Waals surface area (Å²) in [4.78, 5) is 20.2.